The van der Waals surface area contributed by atoms with E-state index in [4.69, 9.17) is 46.4 Å². The summed E-state index contributed by atoms with van der Waals surface area (Å²) in [6.07, 6.45) is 5.48. The molecule has 0 aliphatic heterocycles. The molecule has 0 aromatic carbocycles. The van der Waals surface area contributed by atoms with Gasteiger partial charge in [-0.3, -0.25) is 0 Å². The second-order valence-electron chi connectivity index (χ2n) is 5.03. The van der Waals surface area contributed by atoms with Crippen molar-refractivity contribution in [3.8, 4) is 0 Å². The fourth-order valence-corrected chi connectivity index (χ4v) is 5.76. The molecule has 15 heavy (non-hydrogen) atoms. The largest absolute Gasteiger partial charge is 0.113 e. The lowest BCUT2D eigenvalue weighted by Crippen LogP contribution is -2.38. The molecule has 0 N–H and O–H groups in total. The molecule has 0 aromatic rings. The van der Waals surface area contributed by atoms with Crippen LogP contribution in [0.1, 0.15) is 32.1 Å². The zero-order valence-electron chi connectivity index (χ0n) is 8.20. The summed E-state index contributed by atoms with van der Waals surface area (Å²) in [5.41, 5.74) is 0. The number of alkyl halides is 2. The molecule has 0 heterocycles. The minimum atomic E-state index is -0.453. The summed E-state index contributed by atoms with van der Waals surface area (Å²) in [5.74, 6) is 0.862. The van der Waals surface area contributed by atoms with Gasteiger partial charge in [-0.15, -0.1) is 23.2 Å². The topological polar surface area (TPSA) is 0 Å². The highest BCUT2D eigenvalue weighted by molar-refractivity contribution is 6.51. The highest BCUT2D eigenvalue weighted by Crippen LogP contribution is 2.70. The average molecular weight is 286 g/mol. The van der Waals surface area contributed by atoms with E-state index >= 15 is 0 Å². The van der Waals surface area contributed by atoms with E-state index in [9.17, 15) is 0 Å². The van der Waals surface area contributed by atoms with E-state index in [2.05, 4.69) is 0 Å². The van der Waals surface area contributed by atoms with Crippen molar-refractivity contribution in [1.29, 1.82) is 0 Å². The molecule has 0 radical (unpaired) electrons. The third-order valence-corrected chi connectivity index (χ3v) is 6.93. The van der Waals surface area contributed by atoms with Crippen LogP contribution in [-0.4, -0.2) is 9.75 Å². The van der Waals surface area contributed by atoms with Gasteiger partial charge in [0.05, 0.1) is 19.8 Å². The Bertz CT molecular complexity index is 318. The summed E-state index contributed by atoms with van der Waals surface area (Å²) >= 11 is 25.8. The molecule has 3 aliphatic rings. The van der Waals surface area contributed by atoms with E-state index in [1.807, 2.05) is 0 Å². The summed E-state index contributed by atoms with van der Waals surface area (Å²) in [4.78, 5) is -0.906. The van der Waals surface area contributed by atoms with Crippen molar-refractivity contribution in [2.24, 2.45) is 11.8 Å². The van der Waals surface area contributed by atoms with Crippen LogP contribution in [0.25, 0.3) is 0 Å². The molecular formula is C11H12Cl4. The lowest BCUT2D eigenvalue weighted by molar-refractivity contribution is 0.234. The molecular weight excluding hydrogens is 274 g/mol. The van der Waals surface area contributed by atoms with E-state index in [1.165, 1.54) is 12.8 Å². The Morgan fingerprint density at radius 1 is 0.867 bits per heavy atom. The number of rotatable bonds is 0. The van der Waals surface area contributed by atoms with Crippen LogP contribution in [0.2, 0.25) is 0 Å². The van der Waals surface area contributed by atoms with Gasteiger partial charge in [0.15, 0.2) is 0 Å². The zero-order chi connectivity index (χ0) is 10.8. The van der Waals surface area contributed by atoms with Gasteiger partial charge < -0.3 is 0 Å². The van der Waals surface area contributed by atoms with E-state index < -0.39 is 9.75 Å². The van der Waals surface area contributed by atoms with E-state index in [0.29, 0.717) is 21.9 Å². The van der Waals surface area contributed by atoms with Crippen LogP contribution in [0.4, 0.5) is 0 Å². The Labute approximate surface area is 110 Å². The molecule has 3 aliphatic carbocycles. The third kappa shape index (κ3) is 1.18. The second-order valence-corrected chi connectivity index (χ2v) is 7.13. The standard InChI is InChI=1S/C11H12Cl4/c12-8-9(13)11(15)5-10(8,14)6-3-1-2-4-7(6)11/h6-7H,1-5H2/t6-,7-,10-,11-/m1/s1. The zero-order valence-corrected chi connectivity index (χ0v) is 11.2. The van der Waals surface area contributed by atoms with Gasteiger partial charge in [-0.25, -0.2) is 0 Å². The molecule has 2 fully saturated rings. The predicted molar refractivity (Wildman–Crippen MR) is 66.0 cm³/mol. The summed E-state index contributed by atoms with van der Waals surface area (Å²) in [6, 6.07) is 0. The van der Waals surface area contributed by atoms with E-state index in [-0.39, 0.29) is 0 Å². The first kappa shape index (κ1) is 11.0. The van der Waals surface area contributed by atoms with Gasteiger partial charge in [-0.1, -0.05) is 36.0 Å². The highest BCUT2D eigenvalue weighted by Gasteiger charge is 2.68. The van der Waals surface area contributed by atoms with Crippen LogP contribution in [-0.2, 0) is 0 Å². The van der Waals surface area contributed by atoms with Gasteiger partial charge >= 0.3 is 0 Å². The van der Waals surface area contributed by atoms with Crippen molar-refractivity contribution in [1.82, 2.24) is 0 Å². The smallest absolute Gasteiger partial charge is 0.0865 e. The lowest BCUT2D eigenvalue weighted by atomic mass is 9.73. The molecule has 4 atom stereocenters. The first-order valence-electron chi connectivity index (χ1n) is 5.44. The van der Waals surface area contributed by atoms with Gasteiger partial charge in [0.1, 0.15) is 0 Å². The first-order chi connectivity index (χ1) is 7.00. The van der Waals surface area contributed by atoms with Crippen molar-refractivity contribution >= 4 is 46.4 Å². The molecule has 0 aromatic heterocycles. The number of hydrogen-bond donors (Lipinski definition) is 0. The predicted octanol–water partition coefficient (Wildman–Crippen LogP) is 4.85. The molecule has 3 rings (SSSR count). The highest BCUT2D eigenvalue weighted by atomic mass is 35.5. The number of halogens is 4. The normalized spacial score (nSPS) is 53.6. The minimum Gasteiger partial charge on any atom is -0.113 e. The van der Waals surface area contributed by atoms with Crippen molar-refractivity contribution in [3.05, 3.63) is 10.1 Å². The van der Waals surface area contributed by atoms with E-state index in [0.717, 1.165) is 19.3 Å². The monoisotopic (exact) mass is 284 g/mol. The Kier molecular flexibility index (Phi) is 2.37. The molecule has 84 valence electrons. The van der Waals surface area contributed by atoms with Gasteiger partial charge in [-0.05, 0) is 31.1 Å². The van der Waals surface area contributed by atoms with Crippen LogP contribution >= 0.6 is 46.4 Å². The van der Waals surface area contributed by atoms with E-state index in [1.54, 1.807) is 0 Å². The lowest BCUT2D eigenvalue weighted by Gasteiger charge is -2.40. The maximum atomic E-state index is 6.65. The summed E-state index contributed by atoms with van der Waals surface area (Å²) in [7, 11) is 0. The molecule has 2 bridgehead atoms. The fourth-order valence-electron chi connectivity index (χ4n) is 3.71. The Hall–Kier alpha value is 0.900. The van der Waals surface area contributed by atoms with Crippen LogP contribution in [0.3, 0.4) is 0 Å². The van der Waals surface area contributed by atoms with Gasteiger partial charge in [0.25, 0.3) is 0 Å². The molecule has 0 spiro atoms. The van der Waals surface area contributed by atoms with Crippen LogP contribution in [0.15, 0.2) is 10.1 Å². The van der Waals surface area contributed by atoms with Crippen LogP contribution in [0, 0.1) is 11.8 Å². The quantitative estimate of drug-likeness (QED) is 0.558. The summed E-state index contributed by atoms with van der Waals surface area (Å²) in [5, 5.41) is 1.23. The Morgan fingerprint density at radius 3 is 1.67 bits per heavy atom. The SMILES string of the molecule is ClC1=C(Cl)[C@@]2(Cl)C[C@@]1(Cl)[C@@H]1CCCC[C@H]12. The van der Waals surface area contributed by atoms with Crippen molar-refractivity contribution in [2.45, 2.75) is 41.9 Å². The van der Waals surface area contributed by atoms with Crippen molar-refractivity contribution in [2.75, 3.05) is 0 Å². The van der Waals surface area contributed by atoms with Gasteiger partial charge in [0.2, 0.25) is 0 Å². The van der Waals surface area contributed by atoms with Gasteiger partial charge in [0, 0.05) is 0 Å². The molecule has 2 saturated carbocycles. The maximum Gasteiger partial charge on any atom is 0.0865 e. The number of fused-ring (bicyclic) bond motifs is 5. The fraction of sp³-hybridized carbons (Fsp3) is 0.818. The number of hydrogen-bond acceptors (Lipinski definition) is 0. The molecule has 4 heteroatoms. The molecule has 0 nitrogen and oxygen atoms in total. The van der Waals surface area contributed by atoms with Crippen molar-refractivity contribution in [3.63, 3.8) is 0 Å². The number of allylic oxidation sites excluding steroid dienone is 2. The molecule has 0 unspecified atom stereocenters. The summed E-state index contributed by atoms with van der Waals surface area (Å²) in [6.45, 7) is 0. The Balaban J connectivity index is 2.12. The Morgan fingerprint density at radius 2 is 1.27 bits per heavy atom. The molecule has 0 amide bonds. The van der Waals surface area contributed by atoms with Crippen LogP contribution in [0.5, 0.6) is 0 Å². The van der Waals surface area contributed by atoms with Crippen molar-refractivity contribution < 1.29 is 0 Å². The average Bonchev–Trinajstić information content (AvgIpc) is 2.57. The second kappa shape index (κ2) is 3.22. The summed E-state index contributed by atoms with van der Waals surface area (Å²) < 4.78 is 0. The van der Waals surface area contributed by atoms with Gasteiger partial charge in [-0.2, -0.15) is 0 Å². The minimum absolute atomic E-state index is 0.431. The molecule has 0 saturated heterocycles. The van der Waals surface area contributed by atoms with Crippen LogP contribution < -0.4 is 0 Å². The third-order valence-electron chi connectivity index (χ3n) is 4.38. The maximum absolute atomic E-state index is 6.65. The first-order valence-corrected chi connectivity index (χ1v) is 6.95.